The lowest BCUT2D eigenvalue weighted by atomic mass is 10.1. The number of esters is 1. The van der Waals surface area contributed by atoms with Crippen molar-refractivity contribution < 1.29 is 19.4 Å². The molecule has 0 radical (unpaired) electrons. The van der Waals surface area contributed by atoms with E-state index in [0.29, 0.717) is 5.56 Å². The first-order valence-corrected chi connectivity index (χ1v) is 4.66. The largest absolute Gasteiger partial charge is 0.478 e. The second-order valence-corrected chi connectivity index (χ2v) is 3.32. The Morgan fingerprint density at radius 2 is 2.00 bits per heavy atom. The molecule has 1 N–H and O–H groups in total. The number of ether oxygens (including phenoxy) is 1. The highest BCUT2D eigenvalue weighted by atomic mass is 16.5. The number of carboxylic acids is 1. The van der Waals surface area contributed by atoms with Crippen LogP contribution in [-0.4, -0.2) is 17.0 Å². The minimum atomic E-state index is -1.04. The van der Waals surface area contributed by atoms with Crippen LogP contribution in [0.15, 0.2) is 36.4 Å². The van der Waals surface area contributed by atoms with E-state index in [0.717, 1.165) is 0 Å². The van der Waals surface area contributed by atoms with Crippen molar-refractivity contribution in [3.63, 3.8) is 0 Å². The summed E-state index contributed by atoms with van der Waals surface area (Å²) < 4.78 is 4.88. The molecule has 0 bridgehead atoms. The van der Waals surface area contributed by atoms with Crippen LogP contribution in [0.5, 0.6) is 0 Å². The van der Waals surface area contributed by atoms with E-state index in [-0.39, 0.29) is 17.7 Å². The first kappa shape index (κ1) is 12.0. The molecule has 0 aliphatic rings. The highest BCUT2D eigenvalue weighted by Crippen LogP contribution is 2.10. The van der Waals surface area contributed by atoms with Gasteiger partial charge in [0.05, 0.1) is 5.56 Å². The third-order valence-electron chi connectivity index (χ3n) is 1.95. The van der Waals surface area contributed by atoms with Crippen LogP contribution in [0.1, 0.15) is 22.8 Å². The first-order valence-electron chi connectivity index (χ1n) is 4.66. The summed E-state index contributed by atoms with van der Waals surface area (Å²) in [6, 6.07) is 6.38. The highest BCUT2D eigenvalue weighted by Gasteiger charge is 2.11. The number of carbonyl (C=O) groups is 2. The molecule has 0 aliphatic heterocycles. The molecule has 0 aromatic heterocycles. The topological polar surface area (TPSA) is 63.6 Å². The lowest BCUT2D eigenvalue weighted by molar-refractivity contribution is -0.140. The monoisotopic (exact) mass is 220 g/mol. The van der Waals surface area contributed by atoms with Gasteiger partial charge in [-0.25, -0.2) is 9.59 Å². The Labute approximate surface area is 93.2 Å². The summed E-state index contributed by atoms with van der Waals surface area (Å²) in [5.74, 6) is -1.57. The average molecular weight is 220 g/mol. The molecule has 0 heterocycles. The molecule has 4 nitrogen and oxygen atoms in total. The molecule has 0 saturated carbocycles. The number of carbonyl (C=O) groups excluding carboxylic acids is 1. The molecule has 16 heavy (non-hydrogen) atoms. The molecule has 0 aliphatic carbocycles. The van der Waals surface area contributed by atoms with Crippen molar-refractivity contribution in [2.45, 2.75) is 13.5 Å². The summed E-state index contributed by atoms with van der Waals surface area (Å²) in [7, 11) is 0. The Hall–Kier alpha value is -2.10. The number of rotatable bonds is 4. The predicted molar refractivity (Wildman–Crippen MR) is 58.0 cm³/mol. The summed E-state index contributed by atoms with van der Waals surface area (Å²) >= 11 is 0. The van der Waals surface area contributed by atoms with E-state index in [2.05, 4.69) is 6.58 Å². The maximum Gasteiger partial charge on any atom is 0.336 e. The molecule has 0 saturated heterocycles. The van der Waals surface area contributed by atoms with Gasteiger partial charge in [0.2, 0.25) is 0 Å². The fraction of sp³-hybridized carbons (Fsp3) is 0.167. The Kier molecular flexibility index (Phi) is 3.83. The van der Waals surface area contributed by atoms with E-state index in [1.165, 1.54) is 13.0 Å². The zero-order valence-electron chi connectivity index (χ0n) is 8.90. The van der Waals surface area contributed by atoms with Crippen LogP contribution >= 0.6 is 0 Å². The minimum absolute atomic E-state index is 0.0613. The van der Waals surface area contributed by atoms with Crippen LogP contribution in [0.3, 0.4) is 0 Å². The fourth-order valence-electron chi connectivity index (χ4n) is 1.12. The zero-order chi connectivity index (χ0) is 12.1. The van der Waals surface area contributed by atoms with Crippen molar-refractivity contribution in [3.8, 4) is 0 Å². The smallest absolute Gasteiger partial charge is 0.336 e. The van der Waals surface area contributed by atoms with Gasteiger partial charge in [-0.05, 0) is 13.0 Å². The van der Waals surface area contributed by atoms with Gasteiger partial charge >= 0.3 is 11.9 Å². The van der Waals surface area contributed by atoms with E-state index >= 15 is 0 Å². The predicted octanol–water partition coefficient (Wildman–Crippen LogP) is 2.00. The van der Waals surface area contributed by atoms with Gasteiger partial charge in [-0.3, -0.25) is 0 Å². The second-order valence-electron chi connectivity index (χ2n) is 3.32. The molecular formula is C12H12O4. The normalized spacial score (nSPS) is 9.56. The van der Waals surface area contributed by atoms with Gasteiger partial charge in [-0.15, -0.1) is 0 Å². The van der Waals surface area contributed by atoms with E-state index in [1.807, 2.05) is 0 Å². The summed E-state index contributed by atoms with van der Waals surface area (Å²) in [6.07, 6.45) is 0. The van der Waals surface area contributed by atoms with E-state index in [4.69, 9.17) is 9.84 Å². The fourth-order valence-corrected chi connectivity index (χ4v) is 1.12. The summed E-state index contributed by atoms with van der Waals surface area (Å²) in [5, 5.41) is 8.88. The molecule has 84 valence electrons. The summed E-state index contributed by atoms with van der Waals surface area (Å²) in [5.41, 5.74) is 0.884. The number of aromatic carboxylic acids is 1. The van der Waals surface area contributed by atoms with Gasteiger partial charge in [0.15, 0.2) is 0 Å². The minimum Gasteiger partial charge on any atom is -0.478 e. The van der Waals surface area contributed by atoms with Crippen LogP contribution in [0.4, 0.5) is 0 Å². The average Bonchev–Trinajstić information content (AvgIpc) is 2.25. The van der Waals surface area contributed by atoms with Crippen LogP contribution in [-0.2, 0) is 16.1 Å². The number of hydrogen-bond acceptors (Lipinski definition) is 3. The molecule has 0 fully saturated rings. The molecule has 0 atom stereocenters. The summed E-state index contributed by atoms with van der Waals surface area (Å²) in [4.78, 5) is 22.0. The van der Waals surface area contributed by atoms with Crippen LogP contribution in [0.2, 0.25) is 0 Å². The Balaban J connectivity index is 2.78. The molecule has 1 aromatic carbocycles. The molecule has 1 aromatic rings. The summed E-state index contributed by atoms with van der Waals surface area (Å²) in [6.45, 7) is 4.91. The van der Waals surface area contributed by atoms with E-state index < -0.39 is 11.9 Å². The van der Waals surface area contributed by atoms with Crippen molar-refractivity contribution in [2.75, 3.05) is 0 Å². The van der Waals surface area contributed by atoms with Crippen molar-refractivity contribution in [1.82, 2.24) is 0 Å². The van der Waals surface area contributed by atoms with Crippen LogP contribution < -0.4 is 0 Å². The van der Waals surface area contributed by atoms with Crippen LogP contribution in [0, 0.1) is 0 Å². The number of hydrogen-bond donors (Lipinski definition) is 1. The van der Waals surface area contributed by atoms with Crippen LogP contribution in [0.25, 0.3) is 0 Å². The number of carboxylic acid groups (broad SMARTS) is 1. The quantitative estimate of drug-likeness (QED) is 0.622. The maximum atomic E-state index is 11.1. The van der Waals surface area contributed by atoms with E-state index in [1.54, 1.807) is 18.2 Å². The van der Waals surface area contributed by atoms with Gasteiger partial charge < -0.3 is 9.84 Å². The second kappa shape index (κ2) is 5.11. The lowest BCUT2D eigenvalue weighted by Gasteiger charge is -2.06. The van der Waals surface area contributed by atoms with Gasteiger partial charge in [0.25, 0.3) is 0 Å². The molecule has 0 spiro atoms. The van der Waals surface area contributed by atoms with Crippen molar-refractivity contribution in [3.05, 3.63) is 47.5 Å². The molecule has 0 amide bonds. The Morgan fingerprint density at radius 1 is 1.38 bits per heavy atom. The van der Waals surface area contributed by atoms with E-state index in [9.17, 15) is 9.59 Å². The molecular weight excluding hydrogens is 208 g/mol. The first-order chi connectivity index (χ1) is 7.52. The van der Waals surface area contributed by atoms with Gasteiger partial charge in [-0.1, -0.05) is 24.8 Å². The number of benzene rings is 1. The Morgan fingerprint density at radius 3 is 2.56 bits per heavy atom. The van der Waals surface area contributed by atoms with Gasteiger partial charge in [-0.2, -0.15) is 0 Å². The van der Waals surface area contributed by atoms with Gasteiger partial charge in [0, 0.05) is 11.1 Å². The van der Waals surface area contributed by atoms with Crippen molar-refractivity contribution in [1.29, 1.82) is 0 Å². The molecule has 0 unspecified atom stereocenters. The standard InChI is InChI=1S/C12H12O4/c1-8(2)12(15)16-7-9-5-3-4-6-10(9)11(13)14/h3-6H,1,7H2,2H3,(H,13,14). The van der Waals surface area contributed by atoms with Crippen molar-refractivity contribution in [2.24, 2.45) is 0 Å². The highest BCUT2D eigenvalue weighted by molar-refractivity contribution is 5.90. The molecule has 4 heteroatoms. The van der Waals surface area contributed by atoms with Crippen molar-refractivity contribution >= 4 is 11.9 Å². The third kappa shape index (κ3) is 2.95. The maximum absolute atomic E-state index is 11.1. The zero-order valence-corrected chi connectivity index (χ0v) is 8.90. The lowest BCUT2D eigenvalue weighted by Crippen LogP contribution is -2.08. The van der Waals surface area contributed by atoms with Gasteiger partial charge in [0.1, 0.15) is 6.61 Å². The SMILES string of the molecule is C=C(C)C(=O)OCc1ccccc1C(=O)O. The Bertz CT molecular complexity index is 434. The molecule has 1 rings (SSSR count). The third-order valence-corrected chi connectivity index (χ3v) is 1.95.